The van der Waals surface area contributed by atoms with Gasteiger partial charge in [0.25, 0.3) is 0 Å². The molecule has 0 fully saturated rings. The number of nitrogens with zero attached hydrogens (tertiary/aromatic N) is 5. The third kappa shape index (κ3) is 2.11. The van der Waals surface area contributed by atoms with Crippen molar-refractivity contribution in [3.05, 3.63) is 54.6 Å². The van der Waals surface area contributed by atoms with Crippen LogP contribution in [0.15, 0.2) is 48.8 Å². The second-order valence-electron chi connectivity index (χ2n) is 5.26. The molecule has 0 saturated carbocycles. The molecule has 118 valence electrons. The Bertz CT molecular complexity index is 1010. The Morgan fingerprint density at radius 2 is 1.88 bits per heavy atom. The van der Waals surface area contributed by atoms with Crippen LogP contribution >= 0.6 is 11.3 Å². The summed E-state index contributed by atoms with van der Waals surface area (Å²) in [7, 11) is 0. The van der Waals surface area contributed by atoms with Gasteiger partial charge in [-0.1, -0.05) is 23.5 Å². The van der Waals surface area contributed by atoms with Crippen LogP contribution in [0.25, 0.3) is 15.5 Å². The fraction of sp³-hybridized carbons (Fsp3) is 0.125. The number of rotatable bonds is 2. The van der Waals surface area contributed by atoms with Gasteiger partial charge < -0.3 is 9.47 Å². The number of pyridine rings is 1. The highest BCUT2D eigenvalue weighted by Gasteiger charge is 2.28. The molecule has 0 radical (unpaired) electrons. The minimum atomic E-state index is -0.345. The van der Waals surface area contributed by atoms with Crippen molar-refractivity contribution in [3.63, 3.8) is 0 Å². The molecular formula is C16H11N5O2S. The van der Waals surface area contributed by atoms with E-state index < -0.39 is 0 Å². The van der Waals surface area contributed by atoms with Gasteiger partial charge >= 0.3 is 0 Å². The van der Waals surface area contributed by atoms with Crippen LogP contribution in [0.2, 0.25) is 0 Å². The number of fused-ring (bicyclic) bond motifs is 2. The average Bonchev–Trinajstić information content (AvgIpc) is 3.23. The molecule has 3 aromatic heterocycles. The number of hydrogen-bond donors (Lipinski definition) is 0. The second kappa shape index (κ2) is 5.27. The lowest BCUT2D eigenvalue weighted by Gasteiger charge is -2.24. The SMILES string of the molecule is c1ccc2c(c1)OC[C@H](c1nnc3sc(-c4ccncc4)nn13)O2. The van der Waals surface area contributed by atoms with Crippen LogP contribution in [0.5, 0.6) is 11.5 Å². The van der Waals surface area contributed by atoms with Gasteiger partial charge in [0.1, 0.15) is 11.6 Å². The zero-order valence-electron chi connectivity index (χ0n) is 12.4. The van der Waals surface area contributed by atoms with Crippen molar-refractivity contribution in [1.82, 2.24) is 24.8 Å². The van der Waals surface area contributed by atoms with Crippen molar-refractivity contribution in [2.24, 2.45) is 0 Å². The van der Waals surface area contributed by atoms with Crippen LogP contribution in [0.3, 0.4) is 0 Å². The van der Waals surface area contributed by atoms with Crippen molar-refractivity contribution in [1.29, 1.82) is 0 Å². The van der Waals surface area contributed by atoms with Crippen molar-refractivity contribution in [2.45, 2.75) is 6.10 Å². The van der Waals surface area contributed by atoms with E-state index in [9.17, 15) is 0 Å². The molecule has 1 aliphatic heterocycles. The summed E-state index contributed by atoms with van der Waals surface area (Å²) in [4.78, 5) is 4.75. The highest BCUT2D eigenvalue weighted by atomic mass is 32.1. The number of aromatic nitrogens is 5. The van der Waals surface area contributed by atoms with Gasteiger partial charge in [-0.25, -0.2) is 0 Å². The standard InChI is InChI=1S/C16H11N5O2S/c1-2-4-12-11(3-1)22-9-13(23-12)14-18-19-16-21(14)20-15(24-16)10-5-7-17-8-6-10/h1-8,13H,9H2/t13-/m1/s1. The van der Waals surface area contributed by atoms with E-state index in [1.165, 1.54) is 11.3 Å². The molecule has 8 heteroatoms. The van der Waals surface area contributed by atoms with E-state index in [4.69, 9.17) is 9.47 Å². The molecule has 0 N–H and O–H groups in total. The van der Waals surface area contributed by atoms with Gasteiger partial charge in [-0.2, -0.15) is 9.61 Å². The maximum atomic E-state index is 6.01. The normalized spacial score (nSPS) is 16.4. The Hall–Kier alpha value is -3.00. The first-order valence-electron chi connectivity index (χ1n) is 7.39. The Balaban J connectivity index is 1.53. The van der Waals surface area contributed by atoms with Crippen molar-refractivity contribution < 1.29 is 9.47 Å². The zero-order chi connectivity index (χ0) is 15.9. The number of para-hydroxylation sites is 2. The molecule has 1 aromatic carbocycles. The zero-order valence-corrected chi connectivity index (χ0v) is 13.2. The smallest absolute Gasteiger partial charge is 0.235 e. The maximum Gasteiger partial charge on any atom is 0.235 e. The number of ether oxygens (including phenoxy) is 2. The van der Waals surface area contributed by atoms with Crippen LogP contribution < -0.4 is 9.47 Å². The average molecular weight is 337 g/mol. The highest BCUT2D eigenvalue weighted by Crippen LogP contribution is 2.36. The van der Waals surface area contributed by atoms with E-state index in [1.54, 1.807) is 16.9 Å². The molecule has 5 rings (SSSR count). The Kier molecular flexibility index (Phi) is 2.95. The summed E-state index contributed by atoms with van der Waals surface area (Å²) in [5, 5.41) is 13.9. The molecule has 1 atom stereocenters. The Morgan fingerprint density at radius 3 is 2.75 bits per heavy atom. The molecule has 0 saturated heterocycles. The maximum absolute atomic E-state index is 6.01. The van der Waals surface area contributed by atoms with E-state index in [-0.39, 0.29) is 6.10 Å². The third-order valence-corrected chi connectivity index (χ3v) is 4.69. The lowest BCUT2D eigenvalue weighted by atomic mass is 10.2. The lowest BCUT2D eigenvalue weighted by Crippen LogP contribution is -2.23. The second-order valence-corrected chi connectivity index (χ2v) is 6.22. The molecule has 4 aromatic rings. The first-order valence-corrected chi connectivity index (χ1v) is 8.21. The van der Waals surface area contributed by atoms with Gasteiger partial charge in [0, 0.05) is 18.0 Å². The van der Waals surface area contributed by atoms with E-state index in [0.717, 1.165) is 21.3 Å². The molecule has 1 aliphatic rings. The Morgan fingerprint density at radius 1 is 1.04 bits per heavy atom. The minimum absolute atomic E-state index is 0.345. The summed E-state index contributed by atoms with van der Waals surface area (Å²) >= 11 is 1.47. The first-order chi connectivity index (χ1) is 11.9. The van der Waals surface area contributed by atoms with Crippen molar-refractivity contribution in [3.8, 4) is 22.1 Å². The van der Waals surface area contributed by atoms with Gasteiger partial charge in [0.15, 0.2) is 23.4 Å². The molecule has 0 bridgehead atoms. The third-order valence-electron chi connectivity index (χ3n) is 3.74. The van der Waals surface area contributed by atoms with Gasteiger partial charge in [0.05, 0.1) is 0 Å². The van der Waals surface area contributed by atoms with Crippen molar-refractivity contribution >= 4 is 16.3 Å². The molecule has 0 aliphatic carbocycles. The molecule has 0 spiro atoms. The lowest BCUT2D eigenvalue weighted by molar-refractivity contribution is 0.0836. The highest BCUT2D eigenvalue weighted by molar-refractivity contribution is 7.19. The molecule has 24 heavy (non-hydrogen) atoms. The van der Waals surface area contributed by atoms with Crippen LogP contribution in [-0.2, 0) is 0 Å². The number of hydrogen-bond acceptors (Lipinski definition) is 7. The van der Waals surface area contributed by atoms with E-state index >= 15 is 0 Å². The predicted molar refractivity (Wildman–Crippen MR) is 87.2 cm³/mol. The topological polar surface area (TPSA) is 74.4 Å². The quantitative estimate of drug-likeness (QED) is 0.560. The molecule has 0 unspecified atom stereocenters. The summed E-state index contributed by atoms with van der Waals surface area (Å²) in [5.74, 6) is 2.08. The molecule has 7 nitrogen and oxygen atoms in total. The summed E-state index contributed by atoms with van der Waals surface area (Å²) in [6.07, 6.45) is 3.14. The predicted octanol–water partition coefficient (Wildman–Crippen LogP) is 2.76. The summed E-state index contributed by atoms with van der Waals surface area (Å²) in [5.41, 5.74) is 0.998. The van der Waals surface area contributed by atoms with Crippen LogP contribution in [0, 0.1) is 0 Å². The van der Waals surface area contributed by atoms with Crippen LogP contribution in [0.1, 0.15) is 11.9 Å². The monoisotopic (exact) mass is 337 g/mol. The van der Waals surface area contributed by atoms with Gasteiger partial charge in [-0.15, -0.1) is 10.2 Å². The Labute approximate surface area is 140 Å². The van der Waals surface area contributed by atoms with Crippen LogP contribution in [-0.4, -0.2) is 31.4 Å². The van der Waals surface area contributed by atoms with Gasteiger partial charge in [-0.05, 0) is 24.3 Å². The summed E-state index contributed by atoms with van der Waals surface area (Å²) in [6.45, 7) is 0.375. The first kappa shape index (κ1) is 13.4. The minimum Gasteiger partial charge on any atom is -0.485 e. The van der Waals surface area contributed by atoms with Gasteiger partial charge in [-0.3, -0.25) is 4.98 Å². The van der Waals surface area contributed by atoms with Crippen LogP contribution in [0.4, 0.5) is 0 Å². The fourth-order valence-corrected chi connectivity index (χ4v) is 3.44. The van der Waals surface area contributed by atoms with Gasteiger partial charge in [0.2, 0.25) is 4.96 Å². The molecule has 0 amide bonds. The van der Waals surface area contributed by atoms with E-state index in [1.807, 2.05) is 36.4 Å². The fourth-order valence-electron chi connectivity index (χ4n) is 2.59. The number of benzene rings is 1. The van der Waals surface area contributed by atoms with E-state index in [2.05, 4.69) is 20.3 Å². The molecular weight excluding hydrogens is 326 g/mol. The summed E-state index contributed by atoms with van der Waals surface area (Å²) < 4.78 is 13.5. The largest absolute Gasteiger partial charge is 0.485 e. The summed E-state index contributed by atoms with van der Waals surface area (Å²) in [6, 6.07) is 11.4. The van der Waals surface area contributed by atoms with E-state index in [0.29, 0.717) is 18.2 Å². The molecule has 4 heterocycles. The van der Waals surface area contributed by atoms with Crippen molar-refractivity contribution in [2.75, 3.05) is 6.61 Å².